The number of hydrogen-bond donors (Lipinski definition) is 1. The fraction of sp³-hybridized carbons (Fsp3) is 0.250. The molecule has 3 aromatic rings. The van der Waals surface area contributed by atoms with Crippen molar-refractivity contribution >= 4 is 11.8 Å². The summed E-state index contributed by atoms with van der Waals surface area (Å²) in [6, 6.07) is 6.15. The van der Waals surface area contributed by atoms with E-state index in [1.165, 1.54) is 6.07 Å². The van der Waals surface area contributed by atoms with Crippen LogP contribution in [0.15, 0.2) is 33.3 Å². The van der Waals surface area contributed by atoms with Gasteiger partial charge < -0.3 is 9.05 Å². The minimum absolute atomic E-state index is 0.123. The maximum Gasteiger partial charge on any atom is 0.234 e. The number of aryl methyl sites for hydroxylation is 2. The first-order valence-corrected chi connectivity index (χ1v) is 7.35. The lowest BCUT2D eigenvalue weighted by molar-refractivity contribution is -0.116. The average Bonchev–Trinajstić information content (AvgIpc) is 3.16. The first kappa shape index (κ1) is 15.9. The molecular weight excluding hydrogens is 315 g/mol. The fourth-order valence-electron chi connectivity index (χ4n) is 2.05. The van der Waals surface area contributed by atoms with Gasteiger partial charge in [-0.3, -0.25) is 10.1 Å². The summed E-state index contributed by atoms with van der Waals surface area (Å²) in [5, 5.41) is 10.1. The molecule has 1 N–H and O–H groups in total. The molecule has 124 valence electrons. The van der Waals surface area contributed by atoms with Gasteiger partial charge in [0.15, 0.2) is 0 Å². The topological polar surface area (TPSA) is 94.1 Å². The number of rotatable bonds is 5. The lowest BCUT2D eigenvalue weighted by Crippen LogP contribution is -2.12. The third-order valence-corrected chi connectivity index (χ3v) is 3.56. The number of amides is 1. The van der Waals surface area contributed by atoms with Gasteiger partial charge in [-0.1, -0.05) is 22.4 Å². The Morgan fingerprint density at radius 1 is 1.21 bits per heavy atom. The van der Waals surface area contributed by atoms with Gasteiger partial charge >= 0.3 is 0 Å². The average molecular weight is 330 g/mol. The second kappa shape index (κ2) is 6.61. The summed E-state index contributed by atoms with van der Waals surface area (Å²) in [6.45, 7) is 3.59. The number of nitrogens with zero attached hydrogens (tertiary/aromatic N) is 3. The normalized spacial score (nSPS) is 10.8. The number of anilines is 1. The molecule has 0 radical (unpaired) electrons. The quantitative estimate of drug-likeness (QED) is 0.772. The predicted octanol–water partition coefficient (Wildman–Crippen LogP) is 3.05. The van der Waals surface area contributed by atoms with E-state index in [1.54, 1.807) is 32.0 Å². The van der Waals surface area contributed by atoms with E-state index in [2.05, 4.69) is 20.6 Å². The van der Waals surface area contributed by atoms with Crippen LogP contribution in [0.3, 0.4) is 0 Å². The summed E-state index contributed by atoms with van der Waals surface area (Å²) in [5.41, 5.74) is 1.75. The fourth-order valence-corrected chi connectivity index (χ4v) is 2.05. The van der Waals surface area contributed by atoms with Crippen molar-refractivity contribution in [1.82, 2.24) is 15.3 Å². The van der Waals surface area contributed by atoms with E-state index in [-0.39, 0.29) is 36.0 Å². The molecule has 8 heteroatoms. The molecule has 24 heavy (non-hydrogen) atoms. The molecule has 0 spiro atoms. The molecule has 1 aromatic carbocycles. The molecule has 0 saturated carbocycles. The van der Waals surface area contributed by atoms with Crippen molar-refractivity contribution in [2.75, 3.05) is 5.32 Å². The van der Waals surface area contributed by atoms with E-state index in [9.17, 15) is 9.18 Å². The molecule has 0 aliphatic rings. The summed E-state index contributed by atoms with van der Waals surface area (Å²) >= 11 is 0. The molecular formula is C16H15FN4O3. The van der Waals surface area contributed by atoms with E-state index < -0.39 is 5.82 Å². The Morgan fingerprint density at radius 3 is 2.71 bits per heavy atom. The zero-order valence-corrected chi connectivity index (χ0v) is 13.2. The molecule has 7 nitrogen and oxygen atoms in total. The highest BCUT2D eigenvalue weighted by Crippen LogP contribution is 2.20. The first-order valence-electron chi connectivity index (χ1n) is 7.35. The van der Waals surface area contributed by atoms with Crippen LogP contribution in [0.4, 0.5) is 10.3 Å². The molecule has 0 fully saturated rings. The number of halogens is 1. The van der Waals surface area contributed by atoms with Gasteiger partial charge in [-0.25, -0.2) is 4.39 Å². The van der Waals surface area contributed by atoms with Gasteiger partial charge in [0.25, 0.3) is 0 Å². The predicted molar refractivity (Wildman–Crippen MR) is 82.6 cm³/mol. The van der Waals surface area contributed by atoms with Gasteiger partial charge in [-0.05, 0) is 26.0 Å². The van der Waals surface area contributed by atoms with Gasteiger partial charge in [-0.15, -0.1) is 0 Å². The number of hydrogen-bond acceptors (Lipinski definition) is 6. The number of benzene rings is 1. The van der Waals surface area contributed by atoms with E-state index in [4.69, 9.17) is 9.05 Å². The van der Waals surface area contributed by atoms with Crippen molar-refractivity contribution in [3.63, 3.8) is 0 Å². The van der Waals surface area contributed by atoms with Gasteiger partial charge in [0.1, 0.15) is 5.82 Å². The zero-order chi connectivity index (χ0) is 17.1. The highest BCUT2D eigenvalue weighted by Gasteiger charge is 2.15. The SMILES string of the molecule is Cc1noc(NC(=O)CCc2nc(-c3ccccc3F)no2)c1C. The second-order valence-electron chi connectivity index (χ2n) is 5.26. The maximum atomic E-state index is 13.7. The molecule has 0 saturated heterocycles. The van der Waals surface area contributed by atoms with Crippen molar-refractivity contribution in [2.45, 2.75) is 26.7 Å². The summed E-state index contributed by atoms with van der Waals surface area (Å²) in [4.78, 5) is 16.0. The largest absolute Gasteiger partial charge is 0.339 e. The minimum atomic E-state index is -0.432. The summed E-state index contributed by atoms with van der Waals surface area (Å²) in [5.74, 6) is 0.0489. The van der Waals surface area contributed by atoms with E-state index >= 15 is 0 Å². The Morgan fingerprint density at radius 2 is 2.00 bits per heavy atom. The van der Waals surface area contributed by atoms with Gasteiger partial charge in [0.05, 0.1) is 11.3 Å². The van der Waals surface area contributed by atoms with Crippen LogP contribution in [0.25, 0.3) is 11.4 Å². The van der Waals surface area contributed by atoms with Crippen LogP contribution in [-0.4, -0.2) is 21.2 Å². The minimum Gasteiger partial charge on any atom is -0.339 e. The van der Waals surface area contributed by atoms with Gasteiger partial charge in [0.2, 0.25) is 23.5 Å². The van der Waals surface area contributed by atoms with Crippen LogP contribution in [0.5, 0.6) is 0 Å². The maximum absolute atomic E-state index is 13.7. The van der Waals surface area contributed by atoms with Crippen molar-refractivity contribution in [2.24, 2.45) is 0 Å². The Balaban J connectivity index is 1.60. The van der Waals surface area contributed by atoms with Crippen LogP contribution in [0, 0.1) is 19.7 Å². The summed E-state index contributed by atoms with van der Waals surface area (Å²) in [6.07, 6.45) is 0.359. The molecule has 1 amide bonds. The van der Waals surface area contributed by atoms with Crippen LogP contribution in [-0.2, 0) is 11.2 Å². The molecule has 2 aromatic heterocycles. The monoisotopic (exact) mass is 330 g/mol. The Kier molecular flexibility index (Phi) is 4.37. The van der Waals surface area contributed by atoms with Crippen LogP contribution < -0.4 is 5.32 Å². The molecule has 0 aliphatic heterocycles. The zero-order valence-electron chi connectivity index (χ0n) is 13.2. The molecule has 0 atom stereocenters. The van der Waals surface area contributed by atoms with E-state index in [0.717, 1.165) is 11.3 Å². The highest BCUT2D eigenvalue weighted by atomic mass is 19.1. The van der Waals surface area contributed by atoms with Gasteiger partial charge in [0, 0.05) is 18.4 Å². The van der Waals surface area contributed by atoms with Gasteiger partial charge in [-0.2, -0.15) is 4.98 Å². The number of nitrogens with one attached hydrogen (secondary N) is 1. The lowest BCUT2D eigenvalue weighted by atomic mass is 10.2. The van der Waals surface area contributed by atoms with E-state index in [0.29, 0.717) is 5.88 Å². The van der Waals surface area contributed by atoms with Crippen molar-refractivity contribution in [3.05, 3.63) is 47.2 Å². The van der Waals surface area contributed by atoms with Crippen LogP contribution in [0.1, 0.15) is 23.6 Å². The Bertz CT molecular complexity index is 872. The van der Waals surface area contributed by atoms with Crippen molar-refractivity contribution in [1.29, 1.82) is 0 Å². The van der Waals surface area contributed by atoms with Crippen LogP contribution >= 0.6 is 0 Å². The highest BCUT2D eigenvalue weighted by molar-refractivity contribution is 5.90. The van der Waals surface area contributed by atoms with Crippen molar-refractivity contribution < 1.29 is 18.2 Å². The number of aromatic nitrogens is 3. The molecule has 2 heterocycles. The Hall–Kier alpha value is -3.03. The number of carbonyl (C=O) groups is 1. The Labute approximate surface area is 136 Å². The summed E-state index contributed by atoms with van der Waals surface area (Å²) < 4.78 is 23.8. The van der Waals surface area contributed by atoms with Crippen LogP contribution in [0.2, 0.25) is 0 Å². The third kappa shape index (κ3) is 3.32. The smallest absolute Gasteiger partial charge is 0.234 e. The standard InChI is InChI=1S/C16H15FN4O3/c1-9-10(2)20-24-16(9)18-13(22)7-8-14-19-15(21-23-14)11-5-3-4-6-12(11)17/h3-6H,7-8H2,1-2H3,(H,18,22). The number of carbonyl (C=O) groups excluding carboxylic acids is 1. The molecule has 0 unspecified atom stereocenters. The van der Waals surface area contributed by atoms with E-state index in [1.807, 2.05) is 0 Å². The lowest BCUT2D eigenvalue weighted by Gasteiger charge is -2.00. The second-order valence-corrected chi connectivity index (χ2v) is 5.26. The third-order valence-electron chi connectivity index (χ3n) is 3.56. The molecule has 0 bridgehead atoms. The first-order chi connectivity index (χ1) is 11.5. The summed E-state index contributed by atoms with van der Waals surface area (Å²) in [7, 11) is 0. The van der Waals surface area contributed by atoms with Crippen molar-refractivity contribution in [3.8, 4) is 11.4 Å². The molecule has 0 aliphatic carbocycles. The molecule has 3 rings (SSSR count).